The highest BCUT2D eigenvalue weighted by Gasteiger charge is 2.29. The molecule has 1 aliphatic rings. The number of furan rings is 1. The molecule has 2 heterocycles. The van der Waals surface area contributed by atoms with Gasteiger partial charge in [-0.15, -0.1) is 0 Å². The number of carbonyl (C=O) groups is 2. The van der Waals surface area contributed by atoms with Gasteiger partial charge in [0.05, 0.1) is 5.69 Å². The number of nitrogens with zero attached hydrogens (tertiary/aromatic N) is 1. The van der Waals surface area contributed by atoms with Crippen molar-refractivity contribution in [1.82, 2.24) is 4.31 Å². The van der Waals surface area contributed by atoms with Crippen LogP contribution in [-0.4, -0.2) is 37.5 Å². The van der Waals surface area contributed by atoms with Gasteiger partial charge in [0.15, 0.2) is 11.5 Å². The maximum atomic E-state index is 12.6. The van der Waals surface area contributed by atoms with Gasteiger partial charge in [-0.25, -0.2) is 8.42 Å². The summed E-state index contributed by atoms with van der Waals surface area (Å²) in [5, 5.41) is 2.34. The predicted molar refractivity (Wildman–Crippen MR) is 95.7 cm³/mol. The SMILES string of the molecule is CC(=O)c1ccccc1NC(=O)c1ccc(S(=O)(=O)N2CCCCC2)o1. The van der Waals surface area contributed by atoms with E-state index in [1.807, 2.05) is 0 Å². The first-order chi connectivity index (χ1) is 12.4. The Hall–Kier alpha value is -2.45. The highest BCUT2D eigenvalue weighted by Crippen LogP contribution is 2.23. The molecule has 26 heavy (non-hydrogen) atoms. The summed E-state index contributed by atoms with van der Waals surface area (Å²) in [6.45, 7) is 2.31. The molecule has 0 bridgehead atoms. The molecule has 8 heteroatoms. The van der Waals surface area contributed by atoms with Crippen molar-refractivity contribution >= 4 is 27.4 Å². The molecule has 1 fully saturated rings. The molecule has 1 aliphatic heterocycles. The Bertz CT molecular complexity index is 927. The number of carbonyl (C=O) groups excluding carboxylic acids is 2. The van der Waals surface area contributed by atoms with Gasteiger partial charge in [0.1, 0.15) is 0 Å². The molecule has 0 saturated carbocycles. The van der Waals surface area contributed by atoms with Gasteiger partial charge in [-0.3, -0.25) is 9.59 Å². The van der Waals surface area contributed by atoms with E-state index in [-0.39, 0.29) is 16.6 Å². The topological polar surface area (TPSA) is 96.7 Å². The summed E-state index contributed by atoms with van der Waals surface area (Å²) in [6, 6.07) is 9.20. The second-order valence-corrected chi connectivity index (χ2v) is 8.01. The molecule has 0 radical (unpaired) electrons. The number of hydrogen-bond acceptors (Lipinski definition) is 5. The van der Waals surface area contributed by atoms with Crippen LogP contribution >= 0.6 is 0 Å². The third-order valence-corrected chi connectivity index (χ3v) is 6.04. The normalized spacial score (nSPS) is 15.6. The lowest BCUT2D eigenvalue weighted by molar-refractivity contribution is 0.0991. The Morgan fingerprint density at radius 1 is 1.04 bits per heavy atom. The zero-order valence-electron chi connectivity index (χ0n) is 14.4. The molecule has 1 N–H and O–H groups in total. The van der Waals surface area contributed by atoms with Crippen molar-refractivity contribution in [2.24, 2.45) is 0 Å². The van der Waals surface area contributed by atoms with Crippen LogP contribution in [0.15, 0.2) is 45.9 Å². The Morgan fingerprint density at radius 2 is 1.73 bits per heavy atom. The highest BCUT2D eigenvalue weighted by atomic mass is 32.2. The van der Waals surface area contributed by atoms with E-state index in [1.54, 1.807) is 24.3 Å². The fourth-order valence-electron chi connectivity index (χ4n) is 2.90. The minimum absolute atomic E-state index is 0.126. The van der Waals surface area contributed by atoms with Gasteiger partial charge in [0.2, 0.25) is 5.09 Å². The summed E-state index contributed by atoms with van der Waals surface area (Å²) in [4.78, 5) is 24.0. The van der Waals surface area contributed by atoms with Gasteiger partial charge in [-0.05, 0) is 44.0 Å². The van der Waals surface area contributed by atoms with Crippen molar-refractivity contribution < 1.29 is 22.4 Å². The molecule has 1 aromatic heterocycles. The van der Waals surface area contributed by atoms with Gasteiger partial charge in [0.25, 0.3) is 15.9 Å². The van der Waals surface area contributed by atoms with E-state index in [2.05, 4.69) is 5.32 Å². The maximum Gasteiger partial charge on any atom is 0.291 e. The first-order valence-electron chi connectivity index (χ1n) is 8.41. The Kier molecular flexibility index (Phi) is 5.24. The van der Waals surface area contributed by atoms with Crippen molar-refractivity contribution in [2.45, 2.75) is 31.3 Å². The lowest BCUT2D eigenvalue weighted by atomic mass is 10.1. The molecule has 138 valence electrons. The number of hydrogen-bond donors (Lipinski definition) is 1. The van der Waals surface area contributed by atoms with Gasteiger partial charge in [0, 0.05) is 18.7 Å². The van der Waals surface area contributed by atoms with Crippen LogP contribution < -0.4 is 5.32 Å². The van der Waals surface area contributed by atoms with Crippen LogP contribution in [0.5, 0.6) is 0 Å². The van der Waals surface area contributed by atoms with Crippen LogP contribution in [-0.2, 0) is 10.0 Å². The van der Waals surface area contributed by atoms with E-state index in [0.29, 0.717) is 24.3 Å². The molecule has 0 atom stereocenters. The predicted octanol–water partition coefficient (Wildman–Crippen LogP) is 2.91. The number of benzene rings is 1. The molecule has 1 saturated heterocycles. The molecular formula is C18H20N2O5S. The molecule has 0 spiro atoms. The number of piperidine rings is 1. The summed E-state index contributed by atoms with van der Waals surface area (Å²) < 4.78 is 31.8. The van der Waals surface area contributed by atoms with Crippen molar-refractivity contribution in [3.05, 3.63) is 47.7 Å². The second-order valence-electron chi connectivity index (χ2n) is 6.14. The van der Waals surface area contributed by atoms with E-state index in [0.717, 1.165) is 19.3 Å². The minimum atomic E-state index is -3.74. The molecule has 1 aromatic carbocycles. The molecule has 3 rings (SSSR count). The molecule has 0 unspecified atom stereocenters. The monoisotopic (exact) mass is 376 g/mol. The summed E-state index contributed by atoms with van der Waals surface area (Å²) in [7, 11) is -3.74. The molecule has 2 aromatic rings. The smallest absolute Gasteiger partial charge is 0.291 e. The summed E-state index contributed by atoms with van der Waals surface area (Å²) in [5.41, 5.74) is 0.718. The number of nitrogens with one attached hydrogen (secondary N) is 1. The van der Waals surface area contributed by atoms with E-state index in [9.17, 15) is 18.0 Å². The van der Waals surface area contributed by atoms with E-state index in [1.165, 1.54) is 23.4 Å². The average Bonchev–Trinajstić information content (AvgIpc) is 3.14. The summed E-state index contributed by atoms with van der Waals surface area (Å²) in [6.07, 6.45) is 2.64. The standard InChI is InChI=1S/C18H20N2O5S/c1-13(21)14-7-3-4-8-15(14)19-18(22)16-9-10-17(25-16)26(23,24)20-11-5-2-6-12-20/h3-4,7-10H,2,5-6,11-12H2,1H3,(H,19,22). The number of Topliss-reactive ketones (excluding diaryl/α,β-unsaturated/α-hetero) is 1. The van der Waals surface area contributed by atoms with Crippen LogP contribution in [0.1, 0.15) is 47.1 Å². The second kappa shape index (κ2) is 7.43. The van der Waals surface area contributed by atoms with Crippen molar-refractivity contribution in [1.29, 1.82) is 0 Å². The van der Waals surface area contributed by atoms with Gasteiger partial charge < -0.3 is 9.73 Å². The van der Waals surface area contributed by atoms with Crippen LogP contribution in [0.25, 0.3) is 0 Å². The number of anilines is 1. The number of ketones is 1. The zero-order chi connectivity index (χ0) is 18.7. The average molecular weight is 376 g/mol. The molecule has 7 nitrogen and oxygen atoms in total. The van der Waals surface area contributed by atoms with Crippen molar-refractivity contribution in [3.63, 3.8) is 0 Å². The first-order valence-corrected chi connectivity index (χ1v) is 9.85. The van der Waals surface area contributed by atoms with Crippen LogP contribution in [0.3, 0.4) is 0 Å². The van der Waals surface area contributed by atoms with Crippen LogP contribution in [0, 0.1) is 0 Å². The molecule has 1 amide bonds. The number of rotatable bonds is 5. The fourth-order valence-corrected chi connectivity index (χ4v) is 4.32. The lowest BCUT2D eigenvalue weighted by Crippen LogP contribution is -2.35. The number of amides is 1. The third-order valence-electron chi connectivity index (χ3n) is 4.27. The summed E-state index contributed by atoms with van der Waals surface area (Å²) in [5.74, 6) is -0.925. The van der Waals surface area contributed by atoms with Crippen LogP contribution in [0.4, 0.5) is 5.69 Å². The fraction of sp³-hybridized carbons (Fsp3) is 0.333. The number of sulfonamides is 1. The largest absolute Gasteiger partial charge is 0.438 e. The Morgan fingerprint density at radius 3 is 2.42 bits per heavy atom. The van der Waals surface area contributed by atoms with Crippen LogP contribution in [0.2, 0.25) is 0 Å². The highest BCUT2D eigenvalue weighted by molar-refractivity contribution is 7.89. The van der Waals surface area contributed by atoms with Gasteiger partial charge in [-0.2, -0.15) is 4.31 Å². The van der Waals surface area contributed by atoms with Crippen molar-refractivity contribution in [3.8, 4) is 0 Å². The van der Waals surface area contributed by atoms with Gasteiger partial charge in [-0.1, -0.05) is 18.6 Å². The van der Waals surface area contributed by atoms with Crippen molar-refractivity contribution in [2.75, 3.05) is 18.4 Å². The molecular weight excluding hydrogens is 356 g/mol. The number of para-hydroxylation sites is 1. The van der Waals surface area contributed by atoms with E-state index < -0.39 is 15.9 Å². The van der Waals surface area contributed by atoms with E-state index >= 15 is 0 Å². The first kappa shape index (κ1) is 18.3. The lowest BCUT2D eigenvalue weighted by Gasteiger charge is -2.24. The molecule has 0 aliphatic carbocycles. The quantitative estimate of drug-likeness (QED) is 0.809. The Labute approximate surface area is 152 Å². The third kappa shape index (κ3) is 3.71. The maximum absolute atomic E-state index is 12.6. The Balaban J connectivity index is 1.79. The minimum Gasteiger partial charge on any atom is -0.438 e. The van der Waals surface area contributed by atoms with Gasteiger partial charge >= 0.3 is 0 Å². The zero-order valence-corrected chi connectivity index (χ0v) is 15.2. The summed E-state index contributed by atoms with van der Waals surface area (Å²) >= 11 is 0. The van der Waals surface area contributed by atoms with E-state index in [4.69, 9.17) is 4.42 Å².